The third kappa shape index (κ3) is 7.21. The van der Waals surface area contributed by atoms with Gasteiger partial charge in [0.15, 0.2) is 6.61 Å². The van der Waals surface area contributed by atoms with Crippen molar-refractivity contribution in [3.8, 4) is 11.5 Å². The molecule has 1 N–H and O–H groups in total. The Morgan fingerprint density at radius 1 is 0.811 bits per heavy atom. The predicted molar refractivity (Wildman–Crippen MR) is 148 cm³/mol. The van der Waals surface area contributed by atoms with Gasteiger partial charge in [-0.3, -0.25) is 4.79 Å². The molecule has 0 aliphatic carbocycles. The smallest absolute Gasteiger partial charge is 0.277 e. The molecule has 0 aliphatic heterocycles. The molecular weight excluding hydrogens is 484 g/mol. The zero-order chi connectivity index (χ0) is 26.1. The van der Waals surface area contributed by atoms with Crippen molar-refractivity contribution in [3.05, 3.63) is 130 Å². The van der Waals surface area contributed by atoms with Gasteiger partial charge in [-0.25, -0.2) is 5.43 Å². The second-order valence-electron chi connectivity index (χ2n) is 9.05. The van der Waals surface area contributed by atoms with E-state index in [1.807, 2.05) is 91.0 Å². The van der Waals surface area contributed by atoms with Gasteiger partial charge in [-0.2, -0.15) is 5.10 Å². The van der Waals surface area contributed by atoms with E-state index in [4.69, 9.17) is 21.1 Å². The molecule has 37 heavy (non-hydrogen) atoms. The monoisotopic (exact) mass is 512 g/mol. The third-order valence-electron chi connectivity index (χ3n) is 6.08. The summed E-state index contributed by atoms with van der Waals surface area (Å²) in [4.78, 5) is 12.1. The lowest BCUT2D eigenvalue weighted by molar-refractivity contribution is -0.123. The number of hydrogen-bond acceptors (Lipinski definition) is 4. The Labute approximate surface area is 222 Å². The molecule has 188 valence electrons. The number of nitrogens with zero attached hydrogens (tertiary/aromatic N) is 1. The Balaban J connectivity index is 1.22. The Morgan fingerprint density at radius 3 is 2.11 bits per heavy atom. The van der Waals surface area contributed by atoms with Gasteiger partial charge in [-0.15, -0.1) is 0 Å². The van der Waals surface area contributed by atoms with Crippen LogP contribution in [0.4, 0.5) is 0 Å². The van der Waals surface area contributed by atoms with Crippen LogP contribution in [0.15, 0.2) is 108 Å². The highest BCUT2D eigenvalue weighted by Gasteiger charge is 2.22. The Bertz CT molecular complexity index is 1340. The van der Waals surface area contributed by atoms with Crippen molar-refractivity contribution < 1.29 is 14.3 Å². The van der Waals surface area contributed by atoms with Crippen molar-refractivity contribution in [1.82, 2.24) is 5.43 Å². The Hall–Kier alpha value is -4.09. The van der Waals surface area contributed by atoms with Crippen LogP contribution in [0.1, 0.15) is 36.1 Å². The summed E-state index contributed by atoms with van der Waals surface area (Å²) in [7, 11) is 0. The number of nitrogens with one attached hydrogen (secondary N) is 1. The number of hydrazone groups is 1. The fraction of sp³-hybridized carbons (Fsp3) is 0.161. The second-order valence-corrected chi connectivity index (χ2v) is 9.45. The molecular formula is C31H29ClN2O3. The first-order valence-corrected chi connectivity index (χ1v) is 12.4. The summed E-state index contributed by atoms with van der Waals surface area (Å²) >= 11 is 6.16. The predicted octanol–water partition coefficient (Wildman–Crippen LogP) is 6.77. The van der Waals surface area contributed by atoms with E-state index in [1.165, 1.54) is 11.1 Å². The maximum Gasteiger partial charge on any atom is 0.277 e. The van der Waals surface area contributed by atoms with Gasteiger partial charge in [0.25, 0.3) is 5.91 Å². The molecule has 0 unspecified atom stereocenters. The molecule has 6 heteroatoms. The molecule has 4 aromatic carbocycles. The molecule has 0 saturated carbocycles. The first-order chi connectivity index (χ1) is 17.9. The van der Waals surface area contributed by atoms with Gasteiger partial charge in [0.05, 0.1) is 6.21 Å². The normalized spacial score (nSPS) is 11.3. The first kappa shape index (κ1) is 26.0. The van der Waals surface area contributed by atoms with Gasteiger partial charge in [-0.1, -0.05) is 86.1 Å². The SMILES string of the molecule is CC(C)(c1ccccc1)c1ccc(OCC(=O)N/N=C/c2ccc(OCc3ccccc3Cl)cc2)cc1. The molecule has 0 spiro atoms. The zero-order valence-corrected chi connectivity index (χ0v) is 21.6. The van der Waals surface area contributed by atoms with Crippen molar-refractivity contribution in [2.45, 2.75) is 25.9 Å². The average Bonchev–Trinajstić information content (AvgIpc) is 2.93. The summed E-state index contributed by atoms with van der Waals surface area (Å²) in [5.41, 5.74) is 6.50. The largest absolute Gasteiger partial charge is 0.489 e. The van der Waals surface area contributed by atoms with Crippen LogP contribution in [-0.4, -0.2) is 18.7 Å². The Morgan fingerprint density at radius 2 is 1.41 bits per heavy atom. The summed E-state index contributed by atoms with van der Waals surface area (Å²) in [6, 6.07) is 33.1. The van der Waals surface area contributed by atoms with Crippen LogP contribution in [0.25, 0.3) is 0 Å². The van der Waals surface area contributed by atoms with E-state index < -0.39 is 0 Å². The first-order valence-electron chi connectivity index (χ1n) is 12.0. The van der Waals surface area contributed by atoms with Gasteiger partial charge < -0.3 is 9.47 Å². The van der Waals surface area contributed by atoms with E-state index in [1.54, 1.807) is 6.21 Å². The quantitative estimate of drug-likeness (QED) is 0.188. The molecule has 0 bridgehead atoms. The van der Waals surface area contributed by atoms with Crippen molar-refractivity contribution in [2.24, 2.45) is 5.10 Å². The van der Waals surface area contributed by atoms with Crippen LogP contribution >= 0.6 is 11.6 Å². The van der Waals surface area contributed by atoms with Crippen LogP contribution in [0.2, 0.25) is 5.02 Å². The standard InChI is InChI=1S/C31H29ClN2O3/c1-31(2,25-9-4-3-5-10-25)26-14-18-28(19-15-26)37-22-30(35)34-33-20-23-12-16-27(17-13-23)36-21-24-8-6-7-11-29(24)32/h3-20H,21-22H2,1-2H3,(H,34,35)/b33-20+. The highest BCUT2D eigenvalue weighted by molar-refractivity contribution is 6.31. The molecule has 0 aliphatic rings. The van der Waals surface area contributed by atoms with E-state index in [9.17, 15) is 4.79 Å². The lowest BCUT2D eigenvalue weighted by atomic mass is 9.78. The van der Waals surface area contributed by atoms with E-state index in [2.05, 4.69) is 36.5 Å². The molecule has 0 atom stereocenters. The summed E-state index contributed by atoms with van der Waals surface area (Å²) in [6.07, 6.45) is 1.57. The van der Waals surface area contributed by atoms with E-state index in [0.717, 1.165) is 11.1 Å². The lowest BCUT2D eigenvalue weighted by Crippen LogP contribution is -2.24. The lowest BCUT2D eigenvalue weighted by Gasteiger charge is -2.26. The number of carbonyl (C=O) groups excluding carboxylic acids is 1. The van der Waals surface area contributed by atoms with Gasteiger partial charge in [0.1, 0.15) is 18.1 Å². The number of benzene rings is 4. The van der Waals surface area contributed by atoms with Gasteiger partial charge in [-0.05, 0) is 59.2 Å². The number of carbonyl (C=O) groups is 1. The second kappa shape index (κ2) is 12.2. The molecule has 0 saturated heterocycles. The van der Waals surface area contributed by atoms with Crippen molar-refractivity contribution in [1.29, 1.82) is 0 Å². The summed E-state index contributed by atoms with van der Waals surface area (Å²) < 4.78 is 11.4. The summed E-state index contributed by atoms with van der Waals surface area (Å²) in [6.45, 7) is 4.63. The molecule has 0 heterocycles. The number of rotatable bonds is 10. The highest BCUT2D eigenvalue weighted by atomic mass is 35.5. The van der Waals surface area contributed by atoms with Gasteiger partial charge in [0.2, 0.25) is 0 Å². The van der Waals surface area contributed by atoms with Crippen LogP contribution in [-0.2, 0) is 16.8 Å². The molecule has 0 aromatic heterocycles. The van der Waals surface area contributed by atoms with E-state index >= 15 is 0 Å². The third-order valence-corrected chi connectivity index (χ3v) is 6.45. The molecule has 0 fully saturated rings. The number of hydrogen-bond donors (Lipinski definition) is 1. The maximum absolute atomic E-state index is 12.1. The zero-order valence-electron chi connectivity index (χ0n) is 20.9. The fourth-order valence-corrected chi connectivity index (χ4v) is 3.97. The average molecular weight is 513 g/mol. The summed E-state index contributed by atoms with van der Waals surface area (Å²) in [5, 5.41) is 4.68. The van der Waals surface area contributed by atoms with E-state index in [0.29, 0.717) is 23.1 Å². The molecule has 0 radical (unpaired) electrons. The minimum absolute atomic E-state index is 0.131. The van der Waals surface area contributed by atoms with Crippen LogP contribution in [0.5, 0.6) is 11.5 Å². The minimum atomic E-state index is -0.343. The fourth-order valence-electron chi connectivity index (χ4n) is 3.78. The molecule has 1 amide bonds. The van der Waals surface area contributed by atoms with Gasteiger partial charge >= 0.3 is 0 Å². The minimum Gasteiger partial charge on any atom is -0.489 e. The number of amides is 1. The van der Waals surface area contributed by atoms with Gasteiger partial charge in [0, 0.05) is 16.0 Å². The van der Waals surface area contributed by atoms with Crippen molar-refractivity contribution >= 4 is 23.7 Å². The van der Waals surface area contributed by atoms with Crippen LogP contribution < -0.4 is 14.9 Å². The molecule has 5 nitrogen and oxygen atoms in total. The number of halogens is 1. The Kier molecular flexibility index (Phi) is 8.60. The topological polar surface area (TPSA) is 59.9 Å². The summed E-state index contributed by atoms with van der Waals surface area (Å²) in [5.74, 6) is 0.997. The van der Waals surface area contributed by atoms with Crippen molar-refractivity contribution in [3.63, 3.8) is 0 Å². The maximum atomic E-state index is 12.1. The number of ether oxygens (including phenoxy) is 2. The highest BCUT2D eigenvalue weighted by Crippen LogP contribution is 2.32. The van der Waals surface area contributed by atoms with E-state index in [-0.39, 0.29) is 17.9 Å². The van der Waals surface area contributed by atoms with Crippen molar-refractivity contribution in [2.75, 3.05) is 6.61 Å². The molecule has 4 rings (SSSR count). The molecule has 4 aromatic rings. The van der Waals surface area contributed by atoms with Crippen LogP contribution in [0.3, 0.4) is 0 Å². The van der Waals surface area contributed by atoms with Crippen LogP contribution in [0, 0.1) is 0 Å².